The maximum absolute atomic E-state index is 12.4. The number of esters is 1. The van der Waals surface area contributed by atoms with Crippen molar-refractivity contribution < 1.29 is 28.2 Å². The maximum Gasteiger partial charge on any atom is 0.407 e. The van der Waals surface area contributed by atoms with Crippen LogP contribution in [0.15, 0.2) is 71.5 Å². The molecule has 0 radical (unpaired) electrons. The molecule has 0 bridgehead atoms. The summed E-state index contributed by atoms with van der Waals surface area (Å²) in [6.07, 6.45) is 1.06. The molecular formula is C32H36N2O6. The van der Waals surface area contributed by atoms with E-state index in [9.17, 15) is 9.59 Å². The van der Waals surface area contributed by atoms with Crippen molar-refractivity contribution >= 4 is 23.2 Å². The number of hydrogen-bond acceptors (Lipinski definition) is 7. The molecule has 1 aromatic heterocycles. The van der Waals surface area contributed by atoms with Gasteiger partial charge in [-0.25, -0.2) is 9.78 Å². The highest BCUT2D eigenvalue weighted by Crippen LogP contribution is 2.31. The molecule has 210 valence electrons. The highest BCUT2D eigenvalue weighted by Gasteiger charge is 2.19. The van der Waals surface area contributed by atoms with E-state index in [0.717, 1.165) is 33.3 Å². The Morgan fingerprint density at radius 1 is 0.875 bits per heavy atom. The monoisotopic (exact) mass is 544 g/mol. The first-order valence-electron chi connectivity index (χ1n) is 13.2. The molecule has 0 spiro atoms. The fourth-order valence-electron chi connectivity index (χ4n) is 4.15. The second-order valence-corrected chi connectivity index (χ2v) is 11.6. The predicted octanol–water partition coefficient (Wildman–Crippen LogP) is 6.98. The van der Waals surface area contributed by atoms with Crippen LogP contribution in [0, 0.1) is 0 Å². The molecule has 0 atom stereocenters. The Balaban J connectivity index is 1.52. The van der Waals surface area contributed by atoms with Gasteiger partial charge >= 0.3 is 12.1 Å². The van der Waals surface area contributed by atoms with E-state index in [1.807, 2.05) is 102 Å². The van der Waals surface area contributed by atoms with Gasteiger partial charge in [0.1, 0.15) is 29.1 Å². The maximum atomic E-state index is 12.4. The number of nitrogens with one attached hydrogen (secondary N) is 1. The summed E-state index contributed by atoms with van der Waals surface area (Å²) in [5, 5.41) is 2.80. The number of alkyl carbamates (subject to hydrolysis) is 1. The second-order valence-electron chi connectivity index (χ2n) is 11.6. The van der Waals surface area contributed by atoms with Crippen LogP contribution in [0.3, 0.4) is 0 Å². The summed E-state index contributed by atoms with van der Waals surface area (Å²) < 4.78 is 22.6. The smallest absolute Gasteiger partial charge is 0.407 e. The minimum atomic E-state index is -0.566. The number of fused-ring (bicyclic) bond motifs is 1. The lowest BCUT2D eigenvalue weighted by atomic mass is 9.99. The molecule has 8 nitrogen and oxygen atoms in total. The van der Waals surface area contributed by atoms with Crippen molar-refractivity contribution in [2.45, 2.75) is 72.3 Å². The van der Waals surface area contributed by atoms with Gasteiger partial charge in [-0.2, -0.15) is 0 Å². The van der Waals surface area contributed by atoms with Crippen LogP contribution in [-0.4, -0.2) is 28.2 Å². The molecule has 0 aliphatic carbocycles. The van der Waals surface area contributed by atoms with Gasteiger partial charge in [0.05, 0.1) is 6.42 Å². The lowest BCUT2D eigenvalue weighted by Gasteiger charge is -2.20. The van der Waals surface area contributed by atoms with Gasteiger partial charge in [0.15, 0.2) is 12.0 Å². The van der Waals surface area contributed by atoms with Crippen LogP contribution >= 0.6 is 0 Å². The topological polar surface area (TPSA) is 99.9 Å². The third-order valence-electron chi connectivity index (χ3n) is 5.69. The van der Waals surface area contributed by atoms with E-state index in [1.165, 1.54) is 6.39 Å². The van der Waals surface area contributed by atoms with Gasteiger partial charge in [0.2, 0.25) is 0 Å². The molecule has 0 aliphatic rings. The van der Waals surface area contributed by atoms with Crippen LogP contribution in [0.2, 0.25) is 0 Å². The zero-order valence-electron chi connectivity index (χ0n) is 23.9. The minimum Gasteiger partial charge on any atom is -0.489 e. The SMILES string of the molecule is CC(C)(C)OC(=O)Cc1ccccc1OCc1cc(-c2cccc(CNC(=O)OC(C)(C)C)c2)c2ncoc2c1. The Morgan fingerprint density at radius 3 is 2.38 bits per heavy atom. The Bertz CT molecular complexity index is 1490. The summed E-state index contributed by atoms with van der Waals surface area (Å²) in [7, 11) is 0. The lowest BCUT2D eigenvalue weighted by Crippen LogP contribution is -2.32. The van der Waals surface area contributed by atoms with E-state index in [-0.39, 0.29) is 19.0 Å². The number of benzene rings is 3. The third-order valence-corrected chi connectivity index (χ3v) is 5.69. The van der Waals surface area contributed by atoms with Crippen LogP contribution in [0.4, 0.5) is 4.79 Å². The summed E-state index contributed by atoms with van der Waals surface area (Å²) in [6, 6.07) is 19.2. The second kappa shape index (κ2) is 11.8. The van der Waals surface area contributed by atoms with E-state index < -0.39 is 17.3 Å². The fourth-order valence-corrected chi connectivity index (χ4v) is 4.15. The van der Waals surface area contributed by atoms with Crippen molar-refractivity contribution in [3.05, 3.63) is 83.7 Å². The number of aromatic nitrogens is 1. The van der Waals surface area contributed by atoms with Gasteiger partial charge < -0.3 is 23.9 Å². The van der Waals surface area contributed by atoms with E-state index in [1.54, 1.807) is 0 Å². The molecule has 0 fully saturated rings. The van der Waals surface area contributed by atoms with Crippen LogP contribution in [0.5, 0.6) is 5.75 Å². The van der Waals surface area contributed by atoms with E-state index >= 15 is 0 Å². The molecule has 0 unspecified atom stereocenters. The molecule has 0 saturated carbocycles. The van der Waals surface area contributed by atoms with Gasteiger partial charge in [-0.15, -0.1) is 0 Å². The van der Waals surface area contributed by atoms with Crippen LogP contribution in [0.1, 0.15) is 58.2 Å². The summed E-state index contributed by atoms with van der Waals surface area (Å²) in [5.74, 6) is 0.303. The first kappa shape index (κ1) is 28.7. The van der Waals surface area contributed by atoms with Crippen molar-refractivity contribution in [2.24, 2.45) is 0 Å². The van der Waals surface area contributed by atoms with Crippen molar-refractivity contribution in [1.82, 2.24) is 10.3 Å². The number of rotatable bonds is 8. The van der Waals surface area contributed by atoms with Gasteiger partial charge in [-0.3, -0.25) is 4.79 Å². The average molecular weight is 545 g/mol. The van der Waals surface area contributed by atoms with Gasteiger partial charge in [-0.05, 0) is 82.5 Å². The van der Waals surface area contributed by atoms with Crippen molar-refractivity contribution in [3.8, 4) is 16.9 Å². The highest BCUT2D eigenvalue weighted by atomic mass is 16.6. The summed E-state index contributed by atoms with van der Waals surface area (Å²) in [4.78, 5) is 29.0. The Hall–Kier alpha value is -4.33. The minimum absolute atomic E-state index is 0.115. The molecule has 1 heterocycles. The van der Waals surface area contributed by atoms with E-state index in [4.69, 9.17) is 18.6 Å². The highest BCUT2D eigenvalue weighted by molar-refractivity contribution is 5.91. The Kier molecular flexibility index (Phi) is 8.47. The Labute approximate surface area is 234 Å². The quantitative estimate of drug-likeness (QED) is 0.239. The number of nitrogens with zero attached hydrogens (tertiary/aromatic N) is 1. The van der Waals surface area contributed by atoms with Crippen LogP contribution < -0.4 is 10.1 Å². The molecule has 8 heteroatoms. The third kappa shape index (κ3) is 8.09. The zero-order valence-corrected chi connectivity index (χ0v) is 23.9. The molecule has 1 amide bonds. The normalized spacial score (nSPS) is 11.8. The van der Waals surface area contributed by atoms with Crippen molar-refractivity contribution in [2.75, 3.05) is 0 Å². The Morgan fingerprint density at radius 2 is 1.62 bits per heavy atom. The van der Waals surface area contributed by atoms with E-state index in [2.05, 4.69) is 10.3 Å². The lowest BCUT2D eigenvalue weighted by molar-refractivity contribution is -0.153. The van der Waals surface area contributed by atoms with Crippen LogP contribution in [0.25, 0.3) is 22.2 Å². The largest absolute Gasteiger partial charge is 0.489 e. The number of ether oxygens (including phenoxy) is 3. The number of oxazole rings is 1. The van der Waals surface area contributed by atoms with Crippen molar-refractivity contribution in [3.63, 3.8) is 0 Å². The van der Waals surface area contributed by atoms with Gasteiger partial charge in [0, 0.05) is 17.7 Å². The average Bonchev–Trinajstić information content (AvgIpc) is 3.33. The number of carbonyl (C=O) groups is 2. The molecule has 1 N–H and O–H groups in total. The first-order chi connectivity index (χ1) is 18.9. The summed E-state index contributed by atoms with van der Waals surface area (Å²) in [6.45, 7) is 11.6. The fraction of sp³-hybridized carbons (Fsp3) is 0.344. The number of carbonyl (C=O) groups excluding carboxylic acids is 2. The molecule has 4 rings (SSSR count). The number of para-hydroxylation sites is 1. The molecule has 3 aromatic carbocycles. The van der Waals surface area contributed by atoms with Gasteiger partial charge in [-0.1, -0.05) is 36.4 Å². The van der Waals surface area contributed by atoms with Crippen LogP contribution in [-0.2, 0) is 33.8 Å². The first-order valence-corrected chi connectivity index (χ1v) is 13.2. The molecule has 0 saturated heterocycles. The zero-order chi connectivity index (χ0) is 28.9. The van der Waals surface area contributed by atoms with E-state index in [0.29, 0.717) is 17.9 Å². The van der Waals surface area contributed by atoms with Crippen molar-refractivity contribution in [1.29, 1.82) is 0 Å². The molecule has 0 aliphatic heterocycles. The standard InChI is InChI=1S/C32H36N2O6/c1-31(2,3)39-28(35)17-24-11-7-8-13-26(24)37-19-22-15-25(29-27(16-22)38-20-34-29)23-12-9-10-21(14-23)18-33-30(36)40-32(4,5)6/h7-16,20H,17-19H2,1-6H3,(H,33,36). The molecule has 4 aromatic rings. The number of hydrogen-bond donors (Lipinski definition) is 1. The predicted molar refractivity (Wildman–Crippen MR) is 153 cm³/mol. The van der Waals surface area contributed by atoms with Gasteiger partial charge in [0.25, 0.3) is 0 Å². The number of amides is 1. The summed E-state index contributed by atoms with van der Waals surface area (Å²) >= 11 is 0. The molecule has 40 heavy (non-hydrogen) atoms. The summed E-state index contributed by atoms with van der Waals surface area (Å²) in [5.41, 5.74) is 4.59. The molecular weight excluding hydrogens is 508 g/mol.